The van der Waals surface area contributed by atoms with Crippen LogP contribution < -0.4 is 0 Å². The maximum atomic E-state index is 5.21. The lowest BCUT2D eigenvalue weighted by molar-refractivity contribution is 1.32. The molecule has 0 atom stereocenters. The van der Waals surface area contributed by atoms with Crippen molar-refractivity contribution >= 4 is 65.4 Å². The number of fused-ring (bicyclic) bond motifs is 8. The Hall–Kier alpha value is -6.59. The van der Waals surface area contributed by atoms with E-state index in [1.807, 2.05) is 30.6 Å². The number of benzene rings is 5. The molecule has 5 heterocycles. The number of para-hydroxylation sites is 1. The second-order valence-corrected chi connectivity index (χ2v) is 12.1. The Morgan fingerprint density at radius 1 is 0.354 bits per heavy atom. The van der Waals surface area contributed by atoms with E-state index in [0.717, 1.165) is 93.5 Å². The first-order valence-electron chi connectivity index (χ1n) is 16.0. The predicted octanol–water partition coefficient (Wildman–Crippen LogP) is 10.6. The Kier molecular flexibility index (Phi) is 5.81. The number of hydrogen-bond donors (Lipinski definition) is 0. The third-order valence-corrected chi connectivity index (χ3v) is 9.30. The number of hydrogen-bond acceptors (Lipinski definition) is 5. The summed E-state index contributed by atoms with van der Waals surface area (Å²) in [5.74, 6) is 0. The molecule has 10 rings (SSSR count). The van der Waals surface area contributed by atoms with Crippen molar-refractivity contribution in [3.8, 4) is 33.6 Å². The summed E-state index contributed by atoms with van der Waals surface area (Å²) in [7, 11) is 0. The van der Waals surface area contributed by atoms with E-state index >= 15 is 0 Å². The van der Waals surface area contributed by atoms with Gasteiger partial charge >= 0.3 is 0 Å². The number of nitrogens with zero attached hydrogens (tertiary/aromatic N) is 5. The summed E-state index contributed by atoms with van der Waals surface area (Å²) in [6.45, 7) is 0. The van der Waals surface area contributed by atoms with Crippen LogP contribution in [0.1, 0.15) is 0 Å². The van der Waals surface area contributed by atoms with Gasteiger partial charge in [-0.15, -0.1) is 0 Å². The minimum absolute atomic E-state index is 0.816. The Bertz CT molecular complexity index is 2900. The van der Waals surface area contributed by atoms with Gasteiger partial charge in [-0.05, 0) is 65.2 Å². The molecule has 0 aliphatic rings. The molecule has 5 heteroatoms. The number of aromatic nitrogens is 5. The van der Waals surface area contributed by atoms with Crippen LogP contribution in [0.15, 0.2) is 152 Å². The number of pyridine rings is 5. The van der Waals surface area contributed by atoms with E-state index in [1.54, 1.807) is 0 Å². The minimum Gasteiger partial charge on any atom is -0.254 e. The van der Waals surface area contributed by atoms with Crippen molar-refractivity contribution in [2.75, 3.05) is 0 Å². The summed E-state index contributed by atoms with van der Waals surface area (Å²) in [6.07, 6.45) is 3.65. The van der Waals surface area contributed by atoms with Crippen LogP contribution in [0.25, 0.3) is 99.1 Å². The second-order valence-electron chi connectivity index (χ2n) is 12.1. The maximum Gasteiger partial charge on any atom is 0.0978 e. The molecule has 10 aromatic rings. The first-order valence-corrected chi connectivity index (χ1v) is 16.0. The van der Waals surface area contributed by atoms with Crippen LogP contribution in [0.4, 0.5) is 0 Å². The van der Waals surface area contributed by atoms with Crippen LogP contribution >= 0.6 is 0 Å². The molecule has 0 saturated heterocycles. The molecule has 0 aliphatic heterocycles. The normalized spacial score (nSPS) is 11.8. The lowest BCUT2D eigenvalue weighted by atomic mass is 9.95. The minimum atomic E-state index is 0.816. The predicted molar refractivity (Wildman–Crippen MR) is 197 cm³/mol. The van der Waals surface area contributed by atoms with Crippen LogP contribution in [0.5, 0.6) is 0 Å². The molecule has 0 saturated carbocycles. The standard InChI is InChI=1S/C43H25N5/c1-2-8-26(9-3-1)39-32-11-4-5-13-36(32)47-43-33(39)18-14-27-15-20-38(48-41(27)43)37-21-17-29-24-28(16-19-35(29)46-37)34-25-30-10-6-22-44-40(30)42-31(34)12-7-23-45-42/h1-25H. The third-order valence-electron chi connectivity index (χ3n) is 9.30. The summed E-state index contributed by atoms with van der Waals surface area (Å²) in [5, 5.41) is 6.48. The van der Waals surface area contributed by atoms with Gasteiger partial charge in [-0.25, -0.2) is 15.0 Å². The van der Waals surface area contributed by atoms with E-state index < -0.39 is 0 Å². The Morgan fingerprint density at radius 3 is 2.02 bits per heavy atom. The molecule has 5 aromatic carbocycles. The second kappa shape index (κ2) is 10.5. The summed E-state index contributed by atoms with van der Waals surface area (Å²) in [5.41, 5.74) is 11.7. The zero-order valence-corrected chi connectivity index (χ0v) is 25.7. The molecule has 5 aromatic heterocycles. The molecule has 222 valence electrons. The molecule has 0 unspecified atom stereocenters. The van der Waals surface area contributed by atoms with Gasteiger partial charge in [0, 0.05) is 50.3 Å². The van der Waals surface area contributed by atoms with E-state index in [2.05, 4.69) is 126 Å². The van der Waals surface area contributed by atoms with E-state index in [0.29, 0.717) is 0 Å². The molecule has 0 amide bonds. The van der Waals surface area contributed by atoms with Gasteiger partial charge in [0.1, 0.15) is 0 Å². The van der Waals surface area contributed by atoms with Crippen molar-refractivity contribution in [3.05, 3.63) is 152 Å². The van der Waals surface area contributed by atoms with Crippen LogP contribution in [-0.2, 0) is 0 Å². The molecule has 0 fully saturated rings. The molecule has 0 spiro atoms. The van der Waals surface area contributed by atoms with Crippen molar-refractivity contribution < 1.29 is 0 Å². The Balaban J connectivity index is 1.12. The molecule has 0 aliphatic carbocycles. The molecular formula is C43H25N5. The van der Waals surface area contributed by atoms with Crippen LogP contribution in [-0.4, -0.2) is 24.9 Å². The lowest BCUT2D eigenvalue weighted by Crippen LogP contribution is -1.94. The highest BCUT2D eigenvalue weighted by Crippen LogP contribution is 2.38. The fourth-order valence-electron chi connectivity index (χ4n) is 7.05. The van der Waals surface area contributed by atoms with Gasteiger partial charge in [0.15, 0.2) is 0 Å². The molecular weight excluding hydrogens is 587 g/mol. The monoisotopic (exact) mass is 611 g/mol. The van der Waals surface area contributed by atoms with Crippen LogP contribution in [0, 0.1) is 0 Å². The quantitative estimate of drug-likeness (QED) is 0.147. The SMILES string of the molecule is c1ccc(-c2c3ccccc3nc3c2ccc2ccc(-c4ccc5cc(-c6cc7cccnc7c7ncccc67)ccc5n4)nc23)cc1. The highest BCUT2D eigenvalue weighted by atomic mass is 14.8. The van der Waals surface area contributed by atoms with Gasteiger partial charge in [-0.3, -0.25) is 9.97 Å². The van der Waals surface area contributed by atoms with Gasteiger partial charge in [0.05, 0.1) is 44.5 Å². The Morgan fingerprint density at radius 2 is 1.10 bits per heavy atom. The summed E-state index contributed by atoms with van der Waals surface area (Å²) < 4.78 is 0. The van der Waals surface area contributed by atoms with Crippen LogP contribution in [0.2, 0.25) is 0 Å². The smallest absolute Gasteiger partial charge is 0.0978 e. The molecule has 0 N–H and O–H groups in total. The highest BCUT2D eigenvalue weighted by molar-refractivity contribution is 6.16. The van der Waals surface area contributed by atoms with E-state index in [9.17, 15) is 0 Å². The largest absolute Gasteiger partial charge is 0.254 e. The van der Waals surface area contributed by atoms with E-state index in [1.165, 1.54) is 5.56 Å². The zero-order chi connectivity index (χ0) is 31.6. The van der Waals surface area contributed by atoms with Gasteiger partial charge in [0.25, 0.3) is 0 Å². The Labute approximate surface area is 275 Å². The van der Waals surface area contributed by atoms with Crippen molar-refractivity contribution in [1.82, 2.24) is 24.9 Å². The average molecular weight is 612 g/mol. The zero-order valence-electron chi connectivity index (χ0n) is 25.7. The maximum absolute atomic E-state index is 5.21. The molecule has 5 nitrogen and oxygen atoms in total. The van der Waals surface area contributed by atoms with Crippen molar-refractivity contribution in [2.45, 2.75) is 0 Å². The molecule has 0 radical (unpaired) electrons. The first-order chi connectivity index (χ1) is 23.8. The van der Waals surface area contributed by atoms with Gasteiger partial charge in [-0.2, -0.15) is 0 Å². The van der Waals surface area contributed by atoms with Crippen molar-refractivity contribution in [2.24, 2.45) is 0 Å². The van der Waals surface area contributed by atoms with E-state index in [-0.39, 0.29) is 0 Å². The summed E-state index contributed by atoms with van der Waals surface area (Å²) >= 11 is 0. The molecule has 0 bridgehead atoms. The van der Waals surface area contributed by atoms with E-state index in [4.69, 9.17) is 19.9 Å². The average Bonchev–Trinajstić information content (AvgIpc) is 3.16. The molecule has 48 heavy (non-hydrogen) atoms. The lowest BCUT2D eigenvalue weighted by Gasteiger charge is -2.13. The fourth-order valence-corrected chi connectivity index (χ4v) is 7.05. The van der Waals surface area contributed by atoms with Crippen molar-refractivity contribution in [3.63, 3.8) is 0 Å². The van der Waals surface area contributed by atoms with Crippen LogP contribution in [0.3, 0.4) is 0 Å². The van der Waals surface area contributed by atoms with Gasteiger partial charge in [-0.1, -0.05) is 91.0 Å². The van der Waals surface area contributed by atoms with Gasteiger partial charge < -0.3 is 0 Å². The van der Waals surface area contributed by atoms with Crippen molar-refractivity contribution in [1.29, 1.82) is 0 Å². The third kappa shape index (κ3) is 4.15. The summed E-state index contributed by atoms with van der Waals surface area (Å²) in [4.78, 5) is 24.8. The number of rotatable bonds is 3. The first kappa shape index (κ1) is 26.6. The fraction of sp³-hybridized carbons (Fsp3) is 0. The van der Waals surface area contributed by atoms with Gasteiger partial charge in [0.2, 0.25) is 0 Å². The topological polar surface area (TPSA) is 64.5 Å². The summed E-state index contributed by atoms with van der Waals surface area (Å²) in [6, 6.07) is 48.4. The highest BCUT2D eigenvalue weighted by Gasteiger charge is 2.16.